The summed E-state index contributed by atoms with van der Waals surface area (Å²) in [5.74, 6) is -0.149. The van der Waals surface area contributed by atoms with Crippen LogP contribution in [0.5, 0.6) is 0 Å². The van der Waals surface area contributed by atoms with Gasteiger partial charge in [0.25, 0.3) is 5.69 Å². The lowest BCUT2D eigenvalue weighted by Crippen LogP contribution is -2.61. The minimum Gasteiger partial charge on any atom is -0.318 e. The van der Waals surface area contributed by atoms with Crippen LogP contribution in [0, 0.1) is 10.1 Å². The van der Waals surface area contributed by atoms with Gasteiger partial charge in [-0.25, -0.2) is 0 Å². The Balaban J connectivity index is 2.18. The van der Waals surface area contributed by atoms with Crippen molar-refractivity contribution in [2.24, 2.45) is 5.73 Å². The largest absolute Gasteiger partial charge is 0.318 e. The van der Waals surface area contributed by atoms with Crippen LogP contribution in [0.15, 0.2) is 24.3 Å². The normalized spacial score (nSPS) is 19.9. The van der Waals surface area contributed by atoms with Gasteiger partial charge in [-0.15, -0.1) is 0 Å². The summed E-state index contributed by atoms with van der Waals surface area (Å²) in [6, 6.07) is 5.39. The Morgan fingerprint density at radius 3 is 2.40 bits per heavy atom. The van der Waals surface area contributed by atoms with Crippen molar-refractivity contribution in [3.8, 4) is 0 Å². The summed E-state index contributed by atoms with van der Waals surface area (Å²) >= 11 is 0. The highest BCUT2D eigenvalue weighted by atomic mass is 16.6. The van der Waals surface area contributed by atoms with Gasteiger partial charge in [0.2, 0.25) is 5.91 Å². The molecule has 1 fully saturated rings. The van der Waals surface area contributed by atoms with E-state index in [-0.39, 0.29) is 11.6 Å². The molecule has 0 spiro atoms. The molecule has 1 aliphatic rings. The number of nitrogens with zero attached hydrogens (tertiary/aromatic N) is 2. The van der Waals surface area contributed by atoms with Crippen molar-refractivity contribution in [3.63, 3.8) is 0 Å². The number of amides is 1. The second-order valence-electron chi connectivity index (χ2n) is 3.33. The summed E-state index contributed by atoms with van der Waals surface area (Å²) in [5, 5.41) is 10.4. The van der Waals surface area contributed by atoms with Crippen LogP contribution in [0.25, 0.3) is 0 Å². The summed E-state index contributed by atoms with van der Waals surface area (Å²) in [6.07, 6.45) is 0. The van der Waals surface area contributed by atoms with E-state index in [9.17, 15) is 14.9 Å². The maximum Gasteiger partial charge on any atom is 0.269 e. The molecule has 1 heterocycles. The maximum atomic E-state index is 11.2. The third-order valence-corrected chi connectivity index (χ3v) is 2.33. The Morgan fingerprint density at radius 2 is 2.00 bits per heavy atom. The number of rotatable bonds is 2. The first-order valence-corrected chi connectivity index (χ1v) is 4.41. The molecule has 0 bridgehead atoms. The number of hydrogen-bond donors (Lipinski definition) is 1. The van der Waals surface area contributed by atoms with Crippen LogP contribution >= 0.6 is 0 Å². The van der Waals surface area contributed by atoms with Gasteiger partial charge in [0.1, 0.15) is 6.04 Å². The molecular formula is C9H9N3O3. The van der Waals surface area contributed by atoms with Crippen molar-refractivity contribution in [2.45, 2.75) is 6.04 Å². The summed E-state index contributed by atoms with van der Waals surface area (Å²) < 4.78 is 0. The highest BCUT2D eigenvalue weighted by Gasteiger charge is 2.34. The molecule has 2 N–H and O–H groups in total. The van der Waals surface area contributed by atoms with Gasteiger partial charge >= 0.3 is 0 Å². The first-order chi connectivity index (χ1) is 7.09. The smallest absolute Gasteiger partial charge is 0.269 e. The van der Waals surface area contributed by atoms with Crippen LogP contribution in [0.3, 0.4) is 0 Å². The van der Waals surface area contributed by atoms with Gasteiger partial charge < -0.3 is 10.6 Å². The Kier molecular flexibility index (Phi) is 2.12. The Labute approximate surface area is 85.4 Å². The van der Waals surface area contributed by atoms with Crippen LogP contribution < -0.4 is 10.6 Å². The molecule has 1 aromatic carbocycles. The lowest BCUT2D eigenvalue weighted by molar-refractivity contribution is -0.384. The molecule has 1 unspecified atom stereocenters. The fourth-order valence-corrected chi connectivity index (χ4v) is 1.44. The minimum absolute atomic E-state index is 0.0102. The topological polar surface area (TPSA) is 89.5 Å². The highest BCUT2D eigenvalue weighted by Crippen LogP contribution is 2.23. The fraction of sp³-hybridized carbons (Fsp3) is 0.222. The Bertz CT molecular complexity index is 415. The fourth-order valence-electron chi connectivity index (χ4n) is 1.44. The van der Waals surface area contributed by atoms with Crippen molar-refractivity contribution in [3.05, 3.63) is 34.4 Å². The number of nitro groups is 1. The molecule has 1 aromatic rings. The van der Waals surface area contributed by atoms with Crippen LogP contribution in [0.2, 0.25) is 0 Å². The number of benzene rings is 1. The van der Waals surface area contributed by atoms with Crippen molar-refractivity contribution >= 4 is 17.3 Å². The zero-order chi connectivity index (χ0) is 11.0. The number of carbonyl (C=O) groups excluding carboxylic acids is 1. The minimum atomic E-state index is -0.479. The molecule has 1 atom stereocenters. The first-order valence-electron chi connectivity index (χ1n) is 4.41. The average molecular weight is 207 g/mol. The molecule has 0 radical (unpaired) electrons. The number of anilines is 1. The Morgan fingerprint density at radius 1 is 1.40 bits per heavy atom. The molecule has 2 rings (SSSR count). The average Bonchev–Trinajstić information content (AvgIpc) is 2.25. The van der Waals surface area contributed by atoms with Gasteiger partial charge in [-0.1, -0.05) is 0 Å². The molecule has 15 heavy (non-hydrogen) atoms. The summed E-state index contributed by atoms with van der Waals surface area (Å²) in [4.78, 5) is 22.7. The molecule has 1 saturated heterocycles. The SMILES string of the molecule is NC1CN(c2ccc([N+](=O)[O-])cc2)C1=O. The molecular weight excluding hydrogens is 198 g/mol. The van der Waals surface area contributed by atoms with E-state index in [1.165, 1.54) is 17.0 Å². The lowest BCUT2D eigenvalue weighted by Gasteiger charge is -2.35. The molecule has 0 aliphatic carbocycles. The van der Waals surface area contributed by atoms with Gasteiger partial charge in [0.05, 0.1) is 11.5 Å². The van der Waals surface area contributed by atoms with E-state index in [0.29, 0.717) is 12.2 Å². The van der Waals surface area contributed by atoms with Crippen LogP contribution in [0.4, 0.5) is 11.4 Å². The molecule has 6 nitrogen and oxygen atoms in total. The number of hydrogen-bond acceptors (Lipinski definition) is 4. The molecule has 0 saturated carbocycles. The zero-order valence-electron chi connectivity index (χ0n) is 7.79. The van der Waals surface area contributed by atoms with Crippen LogP contribution in [0.1, 0.15) is 0 Å². The Hall–Kier alpha value is -1.95. The van der Waals surface area contributed by atoms with E-state index in [1.807, 2.05) is 0 Å². The summed E-state index contributed by atoms with van der Waals surface area (Å²) in [7, 11) is 0. The number of nitrogens with two attached hydrogens (primary N) is 1. The number of β-lactam (4-membered cyclic amide) rings is 1. The molecule has 0 aromatic heterocycles. The monoisotopic (exact) mass is 207 g/mol. The summed E-state index contributed by atoms with van der Waals surface area (Å²) in [6.45, 7) is 0.469. The zero-order valence-corrected chi connectivity index (χ0v) is 7.79. The van der Waals surface area contributed by atoms with Crippen molar-refractivity contribution in [1.29, 1.82) is 0 Å². The second-order valence-corrected chi connectivity index (χ2v) is 3.33. The predicted octanol–water partition coefficient (Wildman–Crippen LogP) is 0.269. The van der Waals surface area contributed by atoms with Crippen molar-refractivity contribution in [2.75, 3.05) is 11.4 Å². The molecule has 78 valence electrons. The highest BCUT2D eigenvalue weighted by molar-refractivity contribution is 6.03. The van der Waals surface area contributed by atoms with E-state index < -0.39 is 11.0 Å². The third kappa shape index (κ3) is 1.55. The standard InChI is InChI=1S/C9H9N3O3/c10-8-5-11(9(8)13)6-1-3-7(4-2-6)12(14)15/h1-4,8H,5,10H2. The van der Waals surface area contributed by atoms with Crippen LogP contribution in [-0.2, 0) is 4.79 Å². The number of non-ortho nitro benzene ring substituents is 1. The van der Waals surface area contributed by atoms with Gasteiger partial charge in [-0.05, 0) is 12.1 Å². The van der Waals surface area contributed by atoms with E-state index >= 15 is 0 Å². The summed E-state index contributed by atoms with van der Waals surface area (Å²) in [5.41, 5.74) is 6.08. The number of nitro benzene ring substituents is 1. The lowest BCUT2D eigenvalue weighted by atomic mass is 10.1. The van der Waals surface area contributed by atoms with Gasteiger partial charge in [0.15, 0.2) is 0 Å². The quantitative estimate of drug-likeness (QED) is 0.428. The molecule has 1 aliphatic heterocycles. The molecule has 1 amide bonds. The van der Waals surface area contributed by atoms with E-state index in [4.69, 9.17) is 5.73 Å². The van der Waals surface area contributed by atoms with Crippen molar-refractivity contribution < 1.29 is 9.72 Å². The van der Waals surface area contributed by atoms with E-state index in [2.05, 4.69) is 0 Å². The van der Waals surface area contributed by atoms with E-state index in [0.717, 1.165) is 0 Å². The molecule has 6 heteroatoms. The predicted molar refractivity (Wildman–Crippen MR) is 53.4 cm³/mol. The van der Waals surface area contributed by atoms with Gasteiger partial charge in [-0.2, -0.15) is 0 Å². The first kappa shape index (κ1) is 9.60. The van der Waals surface area contributed by atoms with Gasteiger partial charge in [-0.3, -0.25) is 14.9 Å². The van der Waals surface area contributed by atoms with Crippen LogP contribution in [-0.4, -0.2) is 23.4 Å². The third-order valence-electron chi connectivity index (χ3n) is 2.33. The van der Waals surface area contributed by atoms with E-state index in [1.54, 1.807) is 12.1 Å². The number of carbonyl (C=O) groups is 1. The maximum absolute atomic E-state index is 11.2. The second kappa shape index (κ2) is 3.32. The van der Waals surface area contributed by atoms with Crippen molar-refractivity contribution in [1.82, 2.24) is 0 Å². The van der Waals surface area contributed by atoms with Gasteiger partial charge in [0, 0.05) is 17.8 Å².